The first kappa shape index (κ1) is 17.8. The van der Waals surface area contributed by atoms with Crippen LogP contribution in [0.2, 0.25) is 0 Å². The summed E-state index contributed by atoms with van der Waals surface area (Å²) in [5, 5.41) is 22.5. The Balaban J connectivity index is 2.08. The van der Waals surface area contributed by atoms with Crippen molar-refractivity contribution in [3.8, 4) is 5.75 Å². The maximum Gasteiger partial charge on any atom is 0.214 e. The number of aromatic nitrogens is 4. The predicted molar refractivity (Wildman–Crippen MR) is 93.6 cm³/mol. The summed E-state index contributed by atoms with van der Waals surface area (Å²) in [6.07, 6.45) is 1.37. The smallest absolute Gasteiger partial charge is 0.214 e. The van der Waals surface area contributed by atoms with Gasteiger partial charge >= 0.3 is 0 Å². The number of para-hydroxylation sites is 1. The van der Waals surface area contributed by atoms with Gasteiger partial charge in [0.2, 0.25) is 5.82 Å². The van der Waals surface area contributed by atoms with Crippen LogP contribution in [0, 0.1) is 0 Å². The van der Waals surface area contributed by atoms with Crippen molar-refractivity contribution >= 4 is 0 Å². The molecule has 2 N–H and O–H groups in total. The Morgan fingerprint density at radius 3 is 2.56 bits per heavy atom. The van der Waals surface area contributed by atoms with Crippen molar-refractivity contribution in [1.29, 1.82) is 0 Å². The third-order valence-electron chi connectivity index (χ3n) is 4.84. The molecule has 1 aromatic carbocycles. The highest BCUT2D eigenvalue weighted by Gasteiger charge is 2.37. The summed E-state index contributed by atoms with van der Waals surface area (Å²) in [6.45, 7) is 8.05. The summed E-state index contributed by atoms with van der Waals surface area (Å²) in [7, 11) is 1.69. The molecule has 0 spiro atoms. The Morgan fingerprint density at radius 1 is 1.24 bits per heavy atom. The molecule has 3 rings (SSSR count). The van der Waals surface area contributed by atoms with Gasteiger partial charge in [-0.1, -0.05) is 12.1 Å². The standard InChI is InChI=1S/C18H27N5O2/c1-18(2,3)23-17(19-20-21-23)16(22-11-9-13(24)10-12-22)14-7-5-6-8-15(14)25-4/h5-8,13,16,24H,9-12H2,1-4H3/p+1/t16-/m0/s1. The Hall–Kier alpha value is -1.99. The number of likely N-dealkylation sites (tertiary alicyclic amines) is 1. The van der Waals surface area contributed by atoms with E-state index in [1.807, 2.05) is 22.9 Å². The lowest BCUT2D eigenvalue weighted by Crippen LogP contribution is -3.13. The number of methoxy groups -OCH3 is 1. The molecule has 0 aliphatic carbocycles. The van der Waals surface area contributed by atoms with E-state index < -0.39 is 0 Å². The second-order valence-electron chi connectivity index (χ2n) is 7.68. The van der Waals surface area contributed by atoms with E-state index in [1.165, 1.54) is 4.90 Å². The number of rotatable bonds is 4. The van der Waals surface area contributed by atoms with Crippen LogP contribution >= 0.6 is 0 Å². The molecule has 7 nitrogen and oxygen atoms in total. The minimum absolute atomic E-state index is 0.0297. The number of aliphatic hydroxyl groups excluding tert-OH is 1. The molecule has 0 unspecified atom stereocenters. The van der Waals surface area contributed by atoms with Crippen molar-refractivity contribution in [3.63, 3.8) is 0 Å². The molecule has 25 heavy (non-hydrogen) atoms. The second-order valence-corrected chi connectivity index (χ2v) is 7.68. The first-order chi connectivity index (χ1) is 11.9. The quantitative estimate of drug-likeness (QED) is 0.846. The van der Waals surface area contributed by atoms with Gasteiger partial charge in [-0.3, -0.25) is 0 Å². The van der Waals surface area contributed by atoms with Crippen LogP contribution in [0.3, 0.4) is 0 Å². The number of tetrazole rings is 1. The van der Waals surface area contributed by atoms with E-state index in [2.05, 4.69) is 42.4 Å². The van der Waals surface area contributed by atoms with Crippen LogP contribution in [0.4, 0.5) is 0 Å². The summed E-state index contributed by atoms with van der Waals surface area (Å²) in [5.74, 6) is 1.68. The number of benzene rings is 1. The van der Waals surface area contributed by atoms with Gasteiger partial charge in [0.25, 0.3) is 0 Å². The normalized spacial score (nSPS) is 22.6. The highest BCUT2D eigenvalue weighted by molar-refractivity contribution is 5.37. The van der Waals surface area contributed by atoms with E-state index in [0.29, 0.717) is 0 Å². The number of aliphatic hydroxyl groups is 1. The largest absolute Gasteiger partial charge is 0.496 e. The second kappa shape index (κ2) is 7.09. The van der Waals surface area contributed by atoms with Gasteiger partial charge in [-0.15, -0.1) is 5.10 Å². The fraction of sp³-hybridized carbons (Fsp3) is 0.611. The zero-order valence-electron chi connectivity index (χ0n) is 15.4. The summed E-state index contributed by atoms with van der Waals surface area (Å²) >= 11 is 0. The molecule has 1 aliphatic heterocycles. The van der Waals surface area contributed by atoms with Crippen molar-refractivity contribution in [2.24, 2.45) is 0 Å². The Kier molecular flexibility index (Phi) is 5.06. The highest BCUT2D eigenvalue weighted by atomic mass is 16.5. The molecule has 7 heteroatoms. The van der Waals surface area contributed by atoms with Crippen LogP contribution in [-0.2, 0) is 5.54 Å². The van der Waals surface area contributed by atoms with Gasteiger partial charge in [0.05, 0.1) is 37.4 Å². The lowest BCUT2D eigenvalue weighted by molar-refractivity contribution is -0.932. The number of quaternary nitrogens is 1. The number of nitrogens with one attached hydrogen (secondary N) is 1. The van der Waals surface area contributed by atoms with Crippen LogP contribution in [0.1, 0.15) is 51.0 Å². The minimum atomic E-state index is -0.214. The average molecular weight is 346 g/mol. The molecular formula is C18H28N5O2+. The van der Waals surface area contributed by atoms with Crippen LogP contribution in [0.15, 0.2) is 24.3 Å². The minimum Gasteiger partial charge on any atom is -0.496 e. The van der Waals surface area contributed by atoms with Crippen molar-refractivity contribution in [2.75, 3.05) is 20.2 Å². The van der Waals surface area contributed by atoms with Gasteiger partial charge in [-0.05, 0) is 43.3 Å². The van der Waals surface area contributed by atoms with E-state index in [-0.39, 0.29) is 17.7 Å². The van der Waals surface area contributed by atoms with Crippen LogP contribution in [-0.4, -0.2) is 51.6 Å². The lowest BCUT2D eigenvalue weighted by Gasteiger charge is -2.34. The molecule has 1 aromatic heterocycles. The van der Waals surface area contributed by atoms with Crippen LogP contribution < -0.4 is 9.64 Å². The number of nitrogens with zero attached hydrogens (tertiary/aromatic N) is 4. The van der Waals surface area contributed by atoms with E-state index in [9.17, 15) is 5.11 Å². The molecule has 0 radical (unpaired) electrons. The van der Waals surface area contributed by atoms with Gasteiger partial charge in [0.1, 0.15) is 5.75 Å². The van der Waals surface area contributed by atoms with E-state index >= 15 is 0 Å². The fourth-order valence-electron chi connectivity index (χ4n) is 3.56. The highest BCUT2D eigenvalue weighted by Crippen LogP contribution is 2.29. The van der Waals surface area contributed by atoms with Gasteiger partial charge in [0.15, 0.2) is 6.04 Å². The van der Waals surface area contributed by atoms with Gasteiger partial charge in [-0.2, -0.15) is 0 Å². The lowest BCUT2D eigenvalue weighted by atomic mass is 9.98. The number of hydrogen-bond acceptors (Lipinski definition) is 5. The van der Waals surface area contributed by atoms with Crippen molar-refractivity contribution in [1.82, 2.24) is 20.2 Å². The third-order valence-corrected chi connectivity index (χ3v) is 4.84. The SMILES string of the molecule is COc1ccccc1[C@@H](c1nnnn1C(C)(C)C)[NH+]1CCC(O)CC1. The molecule has 0 bridgehead atoms. The van der Waals surface area contributed by atoms with Crippen LogP contribution in [0.25, 0.3) is 0 Å². The Bertz CT molecular complexity index is 701. The third kappa shape index (κ3) is 3.67. The fourth-order valence-corrected chi connectivity index (χ4v) is 3.56. The molecule has 1 aliphatic rings. The molecule has 2 aromatic rings. The van der Waals surface area contributed by atoms with E-state index in [4.69, 9.17) is 4.74 Å². The summed E-state index contributed by atoms with van der Waals surface area (Å²) in [4.78, 5) is 1.36. The Labute approximate surface area is 148 Å². The Morgan fingerprint density at radius 2 is 1.92 bits per heavy atom. The monoisotopic (exact) mass is 346 g/mol. The molecule has 1 atom stereocenters. The average Bonchev–Trinajstić information content (AvgIpc) is 3.07. The zero-order valence-corrected chi connectivity index (χ0v) is 15.4. The summed E-state index contributed by atoms with van der Waals surface area (Å²) in [6, 6.07) is 8.03. The topological polar surface area (TPSA) is 77.5 Å². The molecule has 2 heterocycles. The zero-order chi connectivity index (χ0) is 18.0. The number of hydrogen-bond donors (Lipinski definition) is 2. The number of piperidine rings is 1. The first-order valence-electron chi connectivity index (χ1n) is 8.86. The molecule has 1 saturated heterocycles. The van der Waals surface area contributed by atoms with Crippen LogP contribution in [0.5, 0.6) is 5.75 Å². The maximum absolute atomic E-state index is 9.91. The molecular weight excluding hydrogens is 318 g/mol. The first-order valence-corrected chi connectivity index (χ1v) is 8.86. The predicted octanol–water partition coefficient (Wildman–Crippen LogP) is 0.566. The van der Waals surface area contributed by atoms with E-state index in [1.54, 1.807) is 7.11 Å². The van der Waals surface area contributed by atoms with Crippen molar-refractivity contribution in [2.45, 2.75) is 51.3 Å². The van der Waals surface area contributed by atoms with Crippen molar-refractivity contribution < 1.29 is 14.7 Å². The van der Waals surface area contributed by atoms with Crippen molar-refractivity contribution in [3.05, 3.63) is 35.7 Å². The summed E-state index contributed by atoms with van der Waals surface area (Å²) in [5.41, 5.74) is 0.866. The maximum atomic E-state index is 9.91. The van der Waals surface area contributed by atoms with Gasteiger partial charge in [-0.25, -0.2) is 4.68 Å². The summed E-state index contributed by atoms with van der Waals surface area (Å²) < 4.78 is 7.53. The van der Waals surface area contributed by atoms with Gasteiger partial charge < -0.3 is 14.7 Å². The molecule has 0 saturated carbocycles. The van der Waals surface area contributed by atoms with Gasteiger partial charge in [0, 0.05) is 12.8 Å². The number of ether oxygens (including phenoxy) is 1. The molecule has 136 valence electrons. The van der Waals surface area contributed by atoms with E-state index in [0.717, 1.165) is 43.1 Å². The molecule has 1 fully saturated rings. The molecule has 0 amide bonds.